The third-order valence-electron chi connectivity index (χ3n) is 5.44. The average molecular weight is 449 g/mol. The molecular weight excluding hydrogens is 427 g/mol. The summed E-state index contributed by atoms with van der Waals surface area (Å²) < 4.78 is 43.0. The van der Waals surface area contributed by atoms with Crippen LogP contribution >= 0.6 is 11.6 Å². The fourth-order valence-electron chi connectivity index (χ4n) is 3.93. The number of hydrogen-bond donors (Lipinski definition) is 0. The van der Waals surface area contributed by atoms with Gasteiger partial charge in [-0.1, -0.05) is 18.5 Å². The summed E-state index contributed by atoms with van der Waals surface area (Å²) in [5.74, 6) is -0.509. The molecule has 2 heterocycles. The van der Waals surface area contributed by atoms with E-state index in [1.807, 2.05) is 11.8 Å². The predicted octanol–water partition coefficient (Wildman–Crippen LogP) is 4.64. The Morgan fingerprint density at radius 1 is 1.10 bits per heavy atom. The summed E-state index contributed by atoms with van der Waals surface area (Å²) in [6, 6.07) is 8.50. The zero-order chi connectivity index (χ0) is 21.5. The van der Waals surface area contributed by atoms with Gasteiger partial charge in [0.1, 0.15) is 10.7 Å². The number of anilines is 1. The van der Waals surface area contributed by atoms with Crippen molar-refractivity contribution in [2.75, 3.05) is 18.0 Å². The van der Waals surface area contributed by atoms with Gasteiger partial charge >= 0.3 is 0 Å². The number of nitrogens with zero attached hydrogens (tertiary/aromatic N) is 2. The van der Waals surface area contributed by atoms with E-state index in [1.165, 1.54) is 36.5 Å². The molecule has 0 spiro atoms. The van der Waals surface area contributed by atoms with Gasteiger partial charge in [-0.3, -0.25) is 4.79 Å². The van der Waals surface area contributed by atoms with Gasteiger partial charge in [-0.25, -0.2) is 12.8 Å². The summed E-state index contributed by atoms with van der Waals surface area (Å²) in [5, 5.41) is 0.464. The molecule has 5 nitrogen and oxygen atoms in total. The molecule has 158 valence electrons. The Hall–Kier alpha value is -2.38. The molecule has 3 aromatic rings. The highest BCUT2D eigenvalue weighted by molar-refractivity contribution is 7.91. The van der Waals surface area contributed by atoms with Gasteiger partial charge in [0.05, 0.1) is 21.5 Å². The molecule has 0 bridgehead atoms. The molecule has 2 aromatic carbocycles. The number of rotatable bonds is 5. The maximum Gasteiger partial charge on any atom is 0.211 e. The molecule has 0 atom stereocenters. The minimum absolute atomic E-state index is 0.0273. The normalized spacial score (nSPS) is 14.6. The van der Waals surface area contributed by atoms with Gasteiger partial charge in [-0.05, 0) is 55.7 Å². The Morgan fingerprint density at radius 3 is 2.40 bits per heavy atom. The number of fused-ring (bicyclic) bond motifs is 1. The lowest BCUT2D eigenvalue weighted by molar-refractivity contribution is 0.592. The average Bonchev–Trinajstić information content (AvgIpc) is 3.25. The van der Waals surface area contributed by atoms with Gasteiger partial charge in [-0.15, -0.1) is 0 Å². The number of benzene rings is 2. The lowest BCUT2D eigenvalue weighted by Crippen LogP contribution is -2.22. The molecule has 0 unspecified atom stereocenters. The van der Waals surface area contributed by atoms with Crippen LogP contribution in [0.4, 0.5) is 10.1 Å². The van der Waals surface area contributed by atoms with Gasteiger partial charge < -0.3 is 9.47 Å². The van der Waals surface area contributed by atoms with Crippen LogP contribution in [0.2, 0.25) is 5.02 Å². The Morgan fingerprint density at radius 2 is 1.77 bits per heavy atom. The summed E-state index contributed by atoms with van der Waals surface area (Å²) in [7, 11) is -4.08. The van der Waals surface area contributed by atoms with Gasteiger partial charge in [0.2, 0.25) is 15.3 Å². The second-order valence-electron chi connectivity index (χ2n) is 7.49. The smallest absolute Gasteiger partial charge is 0.211 e. The zero-order valence-electron chi connectivity index (χ0n) is 16.6. The first-order chi connectivity index (χ1) is 14.3. The number of halogens is 2. The van der Waals surface area contributed by atoms with Gasteiger partial charge in [0, 0.05) is 30.9 Å². The van der Waals surface area contributed by atoms with Crippen LogP contribution in [0.25, 0.3) is 10.9 Å². The number of sulfone groups is 1. The van der Waals surface area contributed by atoms with Gasteiger partial charge in [0.15, 0.2) is 0 Å². The van der Waals surface area contributed by atoms with Gasteiger partial charge in [-0.2, -0.15) is 0 Å². The van der Waals surface area contributed by atoms with E-state index in [0.29, 0.717) is 22.8 Å². The van der Waals surface area contributed by atoms with Crippen molar-refractivity contribution >= 4 is 38.0 Å². The summed E-state index contributed by atoms with van der Waals surface area (Å²) in [6.45, 7) is 4.00. The molecule has 0 N–H and O–H groups in total. The molecule has 30 heavy (non-hydrogen) atoms. The third-order valence-corrected chi connectivity index (χ3v) is 7.46. The lowest BCUT2D eigenvalue weighted by Gasteiger charge is -2.21. The molecule has 1 aliphatic rings. The largest absolute Gasteiger partial charge is 0.369 e. The van der Waals surface area contributed by atoms with Crippen molar-refractivity contribution in [1.82, 2.24) is 4.57 Å². The minimum atomic E-state index is -4.08. The third kappa shape index (κ3) is 3.61. The van der Waals surface area contributed by atoms with Crippen molar-refractivity contribution in [3.05, 3.63) is 63.7 Å². The highest BCUT2D eigenvalue weighted by atomic mass is 35.5. The Bertz CT molecular complexity index is 1260. The molecular formula is C22H22ClFN2O3S. The van der Waals surface area contributed by atoms with Crippen molar-refractivity contribution in [3.63, 3.8) is 0 Å². The van der Waals surface area contributed by atoms with Crippen LogP contribution in [0.15, 0.2) is 57.2 Å². The van der Waals surface area contributed by atoms with E-state index < -0.39 is 21.1 Å². The number of aryl methyl sites for hydroxylation is 1. The van der Waals surface area contributed by atoms with E-state index in [-0.39, 0.29) is 15.2 Å². The molecule has 8 heteroatoms. The zero-order valence-corrected chi connectivity index (χ0v) is 18.1. The summed E-state index contributed by atoms with van der Waals surface area (Å²) in [6.07, 6.45) is 4.10. The predicted molar refractivity (Wildman–Crippen MR) is 117 cm³/mol. The van der Waals surface area contributed by atoms with Crippen LogP contribution in [0.3, 0.4) is 0 Å². The van der Waals surface area contributed by atoms with Crippen LogP contribution in [0.1, 0.15) is 26.2 Å². The van der Waals surface area contributed by atoms with Crippen molar-refractivity contribution in [2.45, 2.75) is 42.5 Å². The van der Waals surface area contributed by atoms with E-state index in [9.17, 15) is 17.6 Å². The Labute approximate surface area is 179 Å². The topological polar surface area (TPSA) is 59.4 Å². The standard InChI is InChI=1S/C22H22ClFN2O3S/c1-2-9-26-14-21(30(28,29)16-7-5-15(23)6-8-16)22(27)17-12-18(24)20(13-19(17)26)25-10-3-4-11-25/h5-8,12-14H,2-4,9-11H2,1H3. The lowest BCUT2D eigenvalue weighted by atomic mass is 10.1. The van der Waals surface area contributed by atoms with Crippen LogP contribution < -0.4 is 10.3 Å². The van der Waals surface area contributed by atoms with Crippen molar-refractivity contribution in [3.8, 4) is 0 Å². The highest BCUT2D eigenvalue weighted by Gasteiger charge is 2.25. The van der Waals surface area contributed by atoms with Crippen LogP contribution in [-0.4, -0.2) is 26.1 Å². The highest BCUT2D eigenvalue weighted by Crippen LogP contribution is 2.29. The molecule has 1 fully saturated rings. The van der Waals surface area contributed by atoms with Crippen LogP contribution in [0.5, 0.6) is 0 Å². The molecule has 1 saturated heterocycles. The first-order valence-corrected chi connectivity index (χ1v) is 11.8. The maximum absolute atomic E-state index is 14.9. The summed E-state index contributed by atoms with van der Waals surface area (Å²) in [4.78, 5) is 14.7. The monoisotopic (exact) mass is 448 g/mol. The van der Waals surface area contributed by atoms with Gasteiger partial charge in [0.25, 0.3) is 0 Å². The Balaban J connectivity index is 1.96. The van der Waals surface area contributed by atoms with Crippen molar-refractivity contribution < 1.29 is 12.8 Å². The molecule has 0 radical (unpaired) electrons. The second kappa shape index (κ2) is 8.04. The quantitative estimate of drug-likeness (QED) is 0.570. The second-order valence-corrected chi connectivity index (χ2v) is 9.84. The molecule has 0 amide bonds. The fraction of sp³-hybridized carbons (Fsp3) is 0.318. The molecule has 0 aliphatic carbocycles. The van der Waals surface area contributed by atoms with Crippen molar-refractivity contribution in [2.24, 2.45) is 0 Å². The van der Waals surface area contributed by atoms with Crippen LogP contribution in [0, 0.1) is 5.82 Å². The van der Waals surface area contributed by atoms with E-state index in [1.54, 1.807) is 10.6 Å². The minimum Gasteiger partial charge on any atom is -0.369 e. The van der Waals surface area contributed by atoms with E-state index in [0.717, 1.165) is 32.4 Å². The van der Waals surface area contributed by atoms with E-state index >= 15 is 0 Å². The molecule has 1 aliphatic heterocycles. The number of pyridine rings is 1. The first kappa shape index (κ1) is 20.9. The molecule has 0 saturated carbocycles. The molecule has 4 rings (SSSR count). The molecule has 1 aromatic heterocycles. The number of aromatic nitrogens is 1. The Kier molecular flexibility index (Phi) is 5.59. The van der Waals surface area contributed by atoms with Crippen LogP contribution in [-0.2, 0) is 16.4 Å². The van der Waals surface area contributed by atoms with Crippen molar-refractivity contribution in [1.29, 1.82) is 0 Å². The summed E-state index contributed by atoms with van der Waals surface area (Å²) >= 11 is 5.86. The summed E-state index contributed by atoms with van der Waals surface area (Å²) in [5.41, 5.74) is 0.303. The fourth-order valence-corrected chi connectivity index (χ4v) is 5.43. The maximum atomic E-state index is 14.9. The number of hydrogen-bond acceptors (Lipinski definition) is 4. The van der Waals surface area contributed by atoms with E-state index in [4.69, 9.17) is 11.6 Å². The van der Waals surface area contributed by atoms with E-state index in [2.05, 4.69) is 0 Å². The SMILES string of the molecule is CCCn1cc(S(=O)(=O)c2ccc(Cl)cc2)c(=O)c2cc(F)c(N3CCCC3)cc21. The first-order valence-electron chi connectivity index (χ1n) is 9.95.